The summed E-state index contributed by atoms with van der Waals surface area (Å²) >= 11 is 5.91. The molecule has 1 amide bonds. The third-order valence-corrected chi connectivity index (χ3v) is 2.92. The van der Waals surface area contributed by atoms with Crippen LogP contribution in [0.4, 0.5) is 5.69 Å². The van der Waals surface area contributed by atoms with Crippen LogP contribution < -0.4 is 4.90 Å². The van der Waals surface area contributed by atoms with Gasteiger partial charge in [0.05, 0.1) is 0 Å². The minimum atomic E-state index is 0.0611. The van der Waals surface area contributed by atoms with Crippen LogP contribution in [0.1, 0.15) is 12.5 Å². The van der Waals surface area contributed by atoms with E-state index in [9.17, 15) is 4.79 Å². The Morgan fingerprint density at radius 2 is 2.21 bits per heavy atom. The van der Waals surface area contributed by atoms with Gasteiger partial charge in [-0.2, -0.15) is 0 Å². The summed E-state index contributed by atoms with van der Waals surface area (Å²) in [5, 5.41) is 0.735. The molecule has 1 aromatic carbocycles. The number of hydrogen-bond acceptors (Lipinski definition) is 1. The van der Waals surface area contributed by atoms with Crippen molar-refractivity contribution in [2.75, 3.05) is 11.9 Å². The van der Waals surface area contributed by atoms with Crippen LogP contribution in [0, 0.1) is 5.92 Å². The molecule has 3 heteroatoms. The zero-order valence-electron chi connectivity index (χ0n) is 8.25. The molecule has 74 valence electrons. The van der Waals surface area contributed by atoms with Crippen LogP contribution in [0.2, 0.25) is 5.02 Å². The molecule has 1 aliphatic heterocycles. The molecule has 2 nitrogen and oxygen atoms in total. The van der Waals surface area contributed by atoms with Crippen LogP contribution in [-0.4, -0.2) is 13.0 Å². The molecule has 14 heavy (non-hydrogen) atoms. The van der Waals surface area contributed by atoms with Crippen LogP contribution in [0.15, 0.2) is 18.2 Å². The number of rotatable bonds is 0. The number of amides is 1. The molecule has 0 spiro atoms. The number of nitrogens with zero attached hydrogens (tertiary/aromatic N) is 1. The smallest absolute Gasteiger partial charge is 0.229 e. The largest absolute Gasteiger partial charge is 0.315 e. The first-order valence-corrected chi connectivity index (χ1v) is 5.03. The number of benzene rings is 1. The fraction of sp³-hybridized carbons (Fsp3) is 0.364. The minimum absolute atomic E-state index is 0.0611. The summed E-state index contributed by atoms with van der Waals surface area (Å²) < 4.78 is 0. The summed E-state index contributed by atoms with van der Waals surface area (Å²) in [6.45, 7) is 1.95. The molecule has 0 aromatic heterocycles. The van der Waals surface area contributed by atoms with E-state index in [1.807, 2.05) is 32.2 Å². The van der Waals surface area contributed by atoms with Gasteiger partial charge in [0.15, 0.2) is 0 Å². The lowest BCUT2D eigenvalue weighted by Gasteiger charge is -2.29. The zero-order chi connectivity index (χ0) is 10.3. The Kier molecular flexibility index (Phi) is 2.23. The van der Waals surface area contributed by atoms with Crippen molar-refractivity contribution in [2.45, 2.75) is 13.3 Å². The molecular formula is C11H12ClNO. The van der Waals surface area contributed by atoms with Crippen molar-refractivity contribution in [1.82, 2.24) is 0 Å². The van der Waals surface area contributed by atoms with Crippen molar-refractivity contribution in [3.63, 3.8) is 0 Å². The number of hydrogen-bond donors (Lipinski definition) is 0. The first-order valence-electron chi connectivity index (χ1n) is 4.65. The van der Waals surface area contributed by atoms with Gasteiger partial charge in [-0.1, -0.05) is 18.5 Å². The van der Waals surface area contributed by atoms with Crippen LogP contribution >= 0.6 is 11.6 Å². The lowest BCUT2D eigenvalue weighted by molar-refractivity contribution is -0.121. The van der Waals surface area contributed by atoms with Crippen molar-refractivity contribution < 1.29 is 4.79 Å². The van der Waals surface area contributed by atoms with Crippen molar-refractivity contribution in [3.05, 3.63) is 28.8 Å². The Bertz CT molecular complexity index is 389. The molecule has 1 unspecified atom stereocenters. The first kappa shape index (κ1) is 9.53. The summed E-state index contributed by atoms with van der Waals surface area (Å²) in [4.78, 5) is 13.4. The average molecular weight is 210 g/mol. The second-order valence-corrected chi connectivity index (χ2v) is 4.21. The number of carbonyl (C=O) groups is 1. The number of fused-ring (bicyclic) bond motifs is 1. The van der Waals surface area contributed by atoms with E-state index >= 15 is 0 Å². The Hall–Kier alpha value is -1.02. The van der Waals surface area contributed by atoms with E-state index < -0.39 is 0 Å². The maximum atomic E-state index is 11.7. The van der Waals surface area contributed by atoms with E-state index in [1.54, 1.807) is 4.90 Å². The minimum Gasteiger partial charge on any atom is -0.315 e. The summed E-state index contributed by atoms with van der Waals surface area (Å²) in [5.41, 5.74) is 2.14. The van der Waals surface area contributed by atoms with Crippen molar-refractivity contribution in [3.8, 4) is 0 Å². The molecule has 0 N–H and O–H groups in total. The van der Waals surface area contributed by atoms with Gasteiger partial charge in [0, 0.05) is 23.7 Å². The van der Waals surface area contributed by atoms with Crippen molar-refractivity contribution >= 4 is 23.2 Å². The predicted octanol–water partition coefficient (Wildman–Crippen LogP) is 2.50. The monoisotopic (exact) mass is 209 g/mol. The van der Waals surface area contributed by atoms with Gasteiger partial charge < -0.3 is 4.90 Å². The van der Waals surface area contributed by atoms with Gasteiger partial charge in [0.2, 0.25) is 5.91 Å². The topological polar surface area (TPSA) is 20.3 Å². The Balaban J connectivity index is 2.50. The van der Waals surface area contributed by atoms with Crippen LogP contribution in [0.5, 0.6) is 0 Å². The Labute approximate surface area is 88.5 Å². The van der Waals surface area contributed by atoms with Crippen LogP contribution in [0.25, 0.3) is 0 Å². The average Bonchev–Trinajstić information content (AvgIpc) is 2.14. The van der Waals surface area contributed by atoms with Gasteiger partial charge in [0.1, 0.15) is 0 Å². The van der Waals surface area contributed by atoms with E-state index in [0.717, 1.165) is 22.7 Å². The summed E-state index contributed by atoms with van der Waals surface area (Å²) in [6.07, 6.45) is 0.791. The highest BCUT2D eigenvalue weighted by molar-refractivity contribution is 6.30. The van der Waals surface area contributed by atoms with E-state index in [0.29, 0.717) is 0 Å². The highest BCUT2D eigenvalue weighted by atomic mass is 35.5. The van der Waals surface area contributed by atoms with E-state index in [1.165, 1.54) is 0 Å². The van der Waals surface area contributed by atoms with Crippen LogP contribution in [0.3, 0.4) is 0 Å². The van der Waals surface area contributed by atoms with Crippen LogP contribution in [-0.2, 0) is 11.2 Å². The Morgan fingerprint density at radius 1 is 1.50 bits per heavy atom. The predicted molar refractivity (Wildman–Crippen MR) is 57.7 cm³/mol. The lowest BCUT2D eigenvalue weighted by atomic mass is 9.93. The fourth-order valence-electron chi connectivity index (χ4n) is 1.91. The van der Waals surface area contributed by atoms with Crippen molar-refractivity contribution in [2.24, 2.45) is 5.92 Å². The molecule has 1 aliphatic rings. The molecule has 0 saturated heterocycles. The van der Waals surface area contributed by atoms with Gasteiger partial charge in [-0.15, -0.1) is 0 Å². The first-order chi connectivity index (χ1) is 6.59. The molecule has 0 bridgehead atoms. The normalized spacial score (nSPS) is 20.9. The molecule has 0 aliphatic carbocycles. The highest BCUT2D eigenvalue weighted by Gasteiger charge is 2.26. The second-order valence-electron chi connectivity index (χ2n) is 3.78. The highest BCUT2D eigenvalue weighted by Crippen LogP contribution is 2.31. The van der Waals surface area contributed by atoms with Gasteiger partial charge in [-0.3, -0.25) is 4.79 Å². The third kappa shape index (κ3) is 1.40. The van der Waals surface area contributed by atoms with Gasteiger partial charge in [-0.05, 0) is 30.2 Å². The summed E-state index contributed by atoms with van der Waals surface area (Å²) in [5.74, 6) is 0.241. The van der Waals surface area contributed by atoms with E-state index in [-0.39, 0.29) is 11.8 Å². The van der Waals surface area contributed by atoms with E-state index in [4.69, 9.17) is 11.6 Å². The maximum absolute atomic E-state index is 11.7. The molecule has 2 rings (SSSR count). The standard InChI is InChI=1S/C11H12ClNO/c1-7-5-8-6-9(12)3-4-10(8)13(2)11(7)14/h3-4,6-7H,5H2,1-2H3. The quantitative estimate of drug-likeness (QED) is 0.643. The number of carbonyl (C=O) groups excluding carboxylic acids is 1. The summed E-state index contributed by atoms with van der Waals surface area (Å²) in [6, 6.07) is 5.66. The maximum Gasteiger partial charge on any atom is 0.229 e. The zero-order valence-corrected chi connectivity index (χ0v) is 9.01. The number of halogens is 1. The lowest BCUT2D eigenvalue weighted by Crippen LogP contribution is -2.37. The van der Waals surface area contributed by atoms with Gasteiger partial charge >= 0.3 is 0 Å². The van der Waals surface area contributed by atoms with E-state index in [2.05, 4.69) is 0 Å². The number of anilines is 1. The third-order valence-electron chi connectivity index (χ3n) is 2.68. The molecule has 0 fully saturated rings. The second kappa shape index (κ2) is 3.28. The molecular weight excluding hydrogens is 198 g/mol. The molecule has 0 saturated carbocycles. The molecule has 1 aromatic rings. The SMILES string of the molecule is CC1Cc2cc(Cl)ccc2N(C)C1=O. The van der Waals surface area contributed by atoms with Crippen molar-refractivity contribution in [1.29, 1.82) is 0 Å². The summed E-state index contributed by atoms with van der Waals surface area (Å²) in [7, 11) is 1.81. The Morgan fingerprint density at radius 3 is 2.93 bits per heavy atom. The molecule has 1 heterocycles. The van der Waals surface area contributed by atoms with Gasteiger partial charge in [0.25, 0.3) is 0 Å². The van der Waals surface area contributed by atoms with Gasteiger partial charge in [-0.25, -0.2) is 0 Å². The molecule has 0 radical (unpaired) electrons. The fourth-order valence-corrected chi connectivity index (χ4v) is 2.11. The molecule has 1 atom stereocenters.